The molecule has 0 aliphatic carbocycles. The summed E-state index contributed by atoms with van der Waals surface area (Å²) in [4.78, 5) is 2.69. The highest BCUT2D eigenvalue weighted by molar-refractivity contribution is 6.62. The van der Waals surface area contributed by atoms with Gasteiger partial charge in [0.15, 0.2) is 0 Å². The van der Waals surface area contributed by atoms with E-state index in [4.69, 9.17) is 21.6 Å². The number of rotatable bonds is 1. The molecule has 0 bridgehead atoms. The molecule has 0 unspecified atom stereocenters. The van der Waals surface area contributed by atoms with Crippen molar-refractivity contribution in [2.24, 2.45) is 0 Å². The summed E-state index contributed by atoms with van der Waals surface area (Å²) in [5, 5.41) is 18.4. The Morgan fingerprint density at radius 1 is 1.36 bits per heavy atom. The van der Waals surface area contributed by atoms with Crippen molar-refractivity contribution in [2.45, 2.75) is 0 Å². The molecule has 0 amide bonds. The fourth-order valence-electron chi connectivity index (χ4n) is 1.37. The molecule has 1 aromatic carbocycles. The molecule has 3 nitrogen and oxygen atoms in total. The highest BCUT2D eigenvalue weighted by Gasteiger charge is 2.18. The lowest BCUT2D eigenvalue weighted by atomic mass is 9.80. The van der Waals surface area contributed by atoms with Gasteiger partial charge in [-0.1, -0.05) is 17.7 Å². The van der Waals surface area contributed by atoms with Gasteiger partial charge in [-0.3, -0.25) is 0 Å². The van der Waals surface area contributed by atoms with Gasteiger partial charge in [-0.2, -0.15) is 0 Å². The number of halogens is 2. The Morgan fingerprint density at radius 2 is 2.07 bits per heavy atom. The van der Waals surface area contributed by atoms with Gasteiger partial charge >= 0.3 is 7.12 Å². The average molecular weight is 213 g/mol. The molecule has 6 heteroatoms. The Hall–Kier alpha value is -1.04. The number of hydrogen-bond acceptors (Lipinski definition) is 2. The van der Waals surface area contributed by atoms with Gasteiger partial charge in [-0.15, -0.1) is 0 Å². The first-order chi connectivity index (χ1) is 6.61. The summed E-state index contributed by atoms with van der Waals surface area (Å²) >= 11 is 5.67. The number of aromatic nitrogens is 1. The standard InChI is InChI=1S/C8H6BClFNO2/c10-7-6(11)2-1-4-5(9(13)14)3-12-8(4)7/h1-3,12-14H. The van der Waals surface area contributed by atoms with Crippen molar-refractivity contribution >= 4 is 35.1 Å². The van der Waals surface area contributed by atoms with Gasteiger partial charge in [-0.25, -0.2) is 4.39 Å². The minimum atomic E-state index is -1.59. The Kier molecular flexibility index (Phi) is 2.22. The second-order valence-corrected chi connectivity index (χ2v) is 3.28. The van der Waals surface area contributed by atoms with Crippen LogP contribution in [0.4, 0.5) is 4.39 Å². The van der Waals surface area contributed by atoms with E-state index >= 15 is 0 Å². The van der Waals surface area contributed by atoms with Gasteiger partial charge in [0, 0.05) is 17.0 Å². The number of nitrogens with one attached hydrogen (secondary N) is 1. The van der Waals surface area contributed by atoms with Crippen LogP contribution in [0.15, 0.2) is 18.3 Å². The van der Waals surface area contributed by atoms with Crippen LogP contribution in [0, 0.1) is 5.82 Å². The smallest absolute Gasteiger partial charge is 0.423 e. The van der Waals surface area contributed by atoms with Crippen molar-refractivity contribution in [2.75, 3.05) is 0 Å². The Bertz CT molecular complexity index is 485. The van der Waals surface area contributed by atoms with Gasteiger partial charge in [0.25, 0.3) is 0 Å². The lowest BCUT2D eigenvalue weighted by Gasteiger charge is -1.98. The van der Waals surface area contributed by atoms with Crippen molar-refractivity contribution in [1.82, 2.24) is 4.98 Å². The van der Waals surface area contributed by atoms with Crippen LogP contribution in [0.2, 0.25) is 5.02 Å². The average Bonchev–Trinajstić information content (AvgIpc) is 2.55. The van der Waals surface area contributed by atoms with Crippen molar-refractivity contribution in [3.8, 4) is 0 Å². The maximum Gasteiger partial charge on any atom is 0.490 e. The SMILES string of the molecule is OB(O)c1c[nH]c2c(Cl)c(F)ccc12. The zero-order valence-electron chi connectivity index (χ0n) is 6.96. The second kappa shape index (κ2) is 3.27. The van der Waals surface area contributed by atoms with E-state index in [0.29, 0.717) is 10.9 Å². The predicted molar refractivity (Wildman–Crippen MR) is 53.1 cm³/mol. The Morgan fingerprint density at radius 3 is 2.71 bits per heavy atom. The van der Waals surface area contributed by atoms with Crippen LogP contribution in [0.25, 0.3) is 10.9 Å². The number of H-pyrrole nitrogens is 1. The predicted octanol–water partition coefficient (Wildman–Crippen LogP) is 0.640. The molecule has 0 saturated heterocycles. The van der Waals surface area contributed by atoms with Gasteiger partial charge in [0.1, 0.15) is 10.8 Å². The van der Waals surface area contributed by atoms with E-state index in [1.54, 1.807) is 0 Å². The Labute approximate surface area is 84.3 Å². The second-order valence-electron chi connectivity index (χ2n) is 2.90. The maximum atomic E-state index is 13.0. The van der Waals surface area contributed by atoms with Gasteiger partial charge in [-0.05, 0) is 6.07 Å². The summed E-state index contributed by atoms with van der Waals surface area (Å²) in [5.41, 5.74) is 0.650. The first-order valence-corrected chi connectivity index (χ1v) is 4.30. The molecule has 0 radical (unpaired) electrons. The van der Waals surface area contributed by atoms with Crippen LogP contribution in [-0.4, -0.2) is 22.2 Å². The van der Waals surface area contributed by atoms with Gasteiger partial charge in [0.05, 0.1) is 5.52 Å². The molecule has 0 fully saturated rings. The molecule has 0 aliphatic rings. The topological polar surface area (TPSA) is 56.2 Å². The third-order valence-corrected chi connectivity index (χ3v) is 2.43. The van der Waals surface area contributed by atoms with Crippen LogP contribution < -0.4 is 5.46 Å². The minimum Gasteiger partial charge on any atom is -0.423 e. The summed E-state index contributed by atoms with van der Waals surface area (Å²) in [6.45, 7) is 0. The van der Waals surface area contributed by atoms with E-state index in [9.17, 15) is 4.39 Å². The number of aromatic amines is 1. The molecule has 2 aromatic rings. The third-order valence-electron chi connectivity index (χ3n) is 2.06. The summed E-state index contributed by atoms with van der Waals surface area (Å²) in [5.74, 6) is -0.542. The molecule has 0 atom stereocenters. The molecule has 0 saturated carbocycles. The first-order valence-electron chi connectivity index (χ1n) is 3.92. The molecule has 14 heavy (non-hydrogen) atoms. The summed E-state index contributed by atoms with van der Waals surface area (Å²) in [6.07, 6.45) is 1.39. The first kappa shape index (κ1) is 9.52. The molecular weight excluding hydrogens is 207 g/mol. The third kappa shape index (κ3) is 1.30. The van der Waals surface area contributed by atoms with E-state index < -0.39 is 12.9 Å². The lowest BCUT2D eigenvalue weighted by Crippen LogP contribution is -2.28. The Balaban J connectivity index is 2.77. The minimum absolute atomic E-state index is 0.0469. The highest BCUT2D eigenvalue weighted by atomic mass is 35.5. The molecule has 72 valence electrons. The fourth-order valence-corrected chi connectivity index (χ4v) is 1.59. The van der Waals surface area contributed by atoms with E-state index in [0.717, 1.165) is 0 Å². The monoisotopic (exact) mass is 213 g/mol. The van der Waals surface area contributed by atoms with Crippen LogP contribution in [0.1, 0.15) is 0 Å². The lowest BCUT2D eigenvalue weighted by molar-refractivity contribution is 0.426. The largest absolute Gasteiger partial charge is 0.490 e. The quantitative estimate of drug-likeness (QED) is 0.609. The van der Waals surface area contributed by atoms with Crippen LogP contribution in [0.3, 0.4) is 0 Å². The fraction of sp³-hybridized carbons (Fsp3) is 0. The molecular formula is C8H6BClFNO2. The van der Waals surface area contributed by atoms with Crippen molar-refractivity contribution in [1.29, 1.82) is 0 Å². The van der Waals surface area contributed by atoms with Crippen LogP contribution in [0.5, 0.6) is 0 Å². The highest BCUT2D eigenvalue weighted by Crippen LogP contribution is 2.23. The molecule has 1 aromatic heterocycles. The molecule has 0 spiro atoms. The maximum absolute atomic E-state index is 13.0. The zero-order valence-corrected chi connectivity index (χ0v) is 7.72. The van der Waals surface area contributed by atoms with Crippen LogP contribution >= 0.6 is 11.6 Å². The number of benzene rings is 1. The molecule has 3 N–H and O–H groups in total. The van der Waals surface area contributed by atoms with E-state index in [2.05, 4.69) is 4.98 Å². The summed E-state index contributed by atoms with van der Waals surface area (Å²) < 4.78 is 13.0. The van der Waals surface area contributed by atoms with Crippen molar-refractivity contribution in [3.63, 3.8) is 0 Å². The van der Waals surface area contributed by atoms with Crippen LogP contribution in [-0.2, 0) is 0 Å². The van der Waals surface area contributed by atoms with E-state index in [1.807, 2.05) is 0 Å². The van der Waals surface area contributed by atoms with Crippen molar-refractivity contribution < 1.29 is 14.4 Å². The van der Waals surface area contributed by atoms with Gasteiger partial charge < -0.3 is 15.0 Å². The van der Waals surface area contributed by atoms with E-state index in [1.165, 1.54) is 18.3 Å². The normalized spacial score (nSPS) is 10.9. The number of hydrogen-bond donors (Lipinski definition) is 3. The molecule has 1 heterocycles. The molecule has 0 aliphatic heterocycles. The molecule has 2 rings (SSSR count). The van der Waals surface area contributed by atoms with E-state index in [-0.39, 0.29) is 10.5 Å². The summed E-state index contributed by atoms with van der Waals surface area (Å²) in [7, 11) is -1.59. The zero-order chi connectivity index (χ0) is 10.3. The van der Waals surface area contributed by atoms with Gasteiger partial charge in [0.2, 0.25) is 0 Å². The number of fused-ring (bicyclic) bond motifs is 1. The van der Waals surface area contributed by atoms with Crippen molar-refractivity contribution in [3.05, 3.63) is 29.2 Å². The summed E-state index contributed by atoms with van der Waals surface area (Å²) in [6, 6.07) is 2.63.